The van der Waals surface area contributed by atoms with Crippen LogP contribution >= 0.6 is 0 Å². The van der Waals surface area contributed by atoms with Gasteiger partial charge in [-0.15, -0.1) is 0 Å². The molecule has 1 heterocycles. The first kappa shape index (κ1) is 14.1. The van der Waals surface area contributed by atoms with Gasteiger partial charge in [0, 0.05) is 6.54 Å². The molecule has 0 unspecified atom stereocenters. The van der Waals surface area contributed by atoms with Gasteiger partial charge in [0.05, 0.1) is 5.56 Å². The molecule has 104 valence electrons. The summed E-state index contributed by atoms with van der Waals surface area (Å²) in [4.78, 5) is 13.5. The van der Waals surface area contributed by atoms with Crippen molar-refractivity contribution in [2.75, 3.05) is 19.6 Å². The molecular formula is C16H23NO2. The van der Waals surface area contributed by atoms with Crippen LogP contribution in [0.2, 0.25) is 0 Å². The Kier molecular flexibility index (Phi) is 4.59. The molecule has 1 aromatic rings. The Morgan fingerprint density at radius 2 is 2.05 bits per heavy atom. The van der Waals surface area contributed by atoms with Gasteiger partial charge in [-0.3, -0.25) is 0 Å². The van der Waals surface area contributed by atoms with E-state index in [9.17, 15) is 4.79 Å². The topological polar surface area (TPSA) is 40.5 Å². The number of hydrogen-bond donors (Lipinski definition) is 1. The van der Waals surface area contributed by atoms with Crippen molar-refractivity contribution in [1.82, 2.24) is 4.90 Å². The maximum absolute atomic E-state index is 11.0. The fraction of sp³-hybridized carbons (Fsp3) is 0.562. The highest BCUT2D eigenvalue weighted by Gasteiger charge is 2.21. The van der Waals surface area contributed by atoms with E-state index in [1.165, 1.54) is 12.1 Å². The van der Waals surface area contributed by atoms with Gasteiger partial charge in [-0.05, 0) is 55.5 Å². The van der Waals surface area contributed by atoms with Crippen LogP contribution in [0.3, 0.4) is 0 Å². The quantitative estimate of drug-likeness (QED) is 0.904. The Bertz CT molecular complexity index is 434. The van der Waals surface area contributed by atoms with E-state index in [1.54, 1.807) is 6.07 Å². The van der Waals surface area contributed by atoms with Gasteiger partial charge in [0.1, 0.15) is 0 Å². The van der Waals surface area contributed by atoms with Crippen LogP contribution in [0.1, 0.15) is 48.5 Å². The number of aromatic carboxylic acids is 1. The van der Waals surface area contributed by atoms with E-state index < -0.39 is 5.97 Å². The van der Waals surface area contributed by atoms with Crippen molar-refractivity contribution in [3.8, 4) is 0 Å². The fourth-order valence-corrected chi connectivity index (χ4v) is 2.89. The largest absolute Gasteiger partial charge is 0.478 e. The molecule has 1 aliphatic rings. The molecule has 2 rings (SSSR count). The molecule has 3 heteroatoms. The van der Waals surface area contributed by atoms with Crippen molar-refractivity contribution in [1.29, 1.82) is 0 Å². The Balaban J connectivity index is 1.97. The zero-order valence-corrected chi connectivity index (χ0v) is 11.8. The van der Waals surface area contributed by atoms with Gasteiger partial charge in [0.25, 0.3) is 0 Å². The Morgan fingerprint density at radius 3 is 2.63 bits per heavy atom. The maximum atomic E-state index is 11.0. The van der Waals surface area contributed by atoms with E-state index >= 15 is 0 Å². The summed E-state index contributed by atoms with van der Waals surface area (Å²) in [5, 5.41) is 9.04. The van der Waals surface area contributed by atoms with Crippen LogP contribution in [0.4, 0.5) is 0 Å². The minimum absolute atomic E-state index is 0.405. The zero-order valence-electron chi connectivity index (χ0n) is 11.8. The van der Waals surface area contributed by atoms with Crippen molar-refractivity contribution >= 4 is 5.97 Å². The molecule has 0 saturated carbocycles. The molecule has 1 aromatic carbocycles. The third kappa shape index (κ3) is 3.80. The number of benzene rings is 1. The Labute approximate surface area is 115 Å². The van der Waals surface area contributed by atoms with Crippen molar-refractivity contribution in [2.45, 2.75) is 32.6 Å². The number of hydrogen-bond acceptors (Lipinski definition) is 2. The first-order valence-electron chi connectivity index (χ1n) is 7.12. The van der Waals surface area contributed by atoms with E-state index in [0.717, 1.165) is 25.9 Å². The lowest BCUT2D eigenvalue weighted by Gasteiger charge is -2.33. The molecule has 1 aliphatic heterocycles. The van der Waals surface area contributed by atoms with Gasteiger partial charge in [-0.25, -0.2) is 4.79 Å². The second-order valence-electron chi connectivity index (χ2n) is 5.90. The molecule has 0 atom stereocenters. The molecule has 1 fully saturated rings. The first-order chi connectivity index (χ1) is 9.06. The summed E-state index contributed by atoms with van der Waals surface area (Å²) in [5.74, 6) is 0.397. The van der Waals surface area contributed by atoms with Gasteiger partial charge in [-0.2, -0.15) is 0 Å². The van der Waals surface area contributed by atoms with E-state index in [4.69, 9.17) is 5.11 Å². The second-order valence-corrected chi connectivity index (χ2v) is 5.90. The number of rotatable bonds is 4. The van der Waals surface area contributed by atoms with Crippen LogP contribution in [0.25, 0.3) is 0 Å². The highest BCUT2D eigenvalue weighted by molar-refractivity contribution is 5.87. The zero-order chi connectivity index (χ0) is 13.8. The van der Waals surface area contributed by atoms with Gasteiger partial charge in [-0.1, -0.05) is 26.0 Å². The predicted octanol–water partition coefficient (Wildman–Crippen LogP) is 3.22. The fourth-order valence-electron chi connectivity index (χ4n) is 2.89. The molecule has 0 aromatic heterocycles. The van der Waals surface area contributed by atoms with E-state index in [0.29, 0.717) is 17.4 Å². The molecule has 0 amide bonds. The third-order valence-corrected chi connectivity index (χ3v) is 3.82. The SMILES string of the molecule is CC(C)CN1CCC(c2cccc(C(=O)O)c2)CC1. The molecule has 1 N–H and O–H groups in total. The molecule has 3 nitrogen and oxygen atoms in total. The van der Waals surface area contributed by atoms with Crippen LogP contribution in [0, 0.1) is 5.92 Å². The second kappa shape index (κ2) is 6.20. The molecule has 0 bridgehead atoms. The number of carbonyl (C=O) groups is 1. The molecular weight excluding hydrogens is 238 g/mol. The summed E-state index contributed by atoms with van der Waals surface area (Å²) in [7, 11) is 0. The molecule has 19 heavy (non-hydrogen) atoms. The van der Waals surface area contributed by atoms with Crippen molar-refractivity contribution < 1.29 is 9.90 Å². The van der Waals surface area contributed by atoms with Gasteiger partial charge < -0.3 is 10.0 Å². The third-order valence-electron chi connectivity index (χ3n) is 3.82. The molecule has 0 radical (unpaired) electrons. The van der Waals surface area contributed by atoms with E-state index in [-0.39, 0.29) is 0 Å². The Hall–Kier alpha value is -1.35. The van der Waals surface area contributed by atoms with Crippen molar-refractivity contribution in [3.63, 3.8) is 0 Å². The van der Waals surface area contributed by atoms with Gasteiger partial charge in [0.15, 0.2) is 0 Å². The molecule has 0 spiro atoms. The van der Waals surface area contributed by atoms with E-state index in [2.05, 4.69) is 24.8 Å². The predicted molar refractivity (Wildman–Crippen MR) is 76.7 cm³/mol. The summed E-state index contributed by atoms with van der Waals surface area (Å²) in [6, 6.07) is 7.43. The normalized spacial score (nSPS) is 17.8. The van der Waals surface area contributed by atoms with Crippen LogP contribution in [0.15, 0.2) is 24.3 Å². The number of carboxylic acids is 1. The minimum atomic E-state index is -0.834. The maximum Gasteiger partial charge on any atom is 0.335 e. The average Bonchev–Trinajstić information content (AvgIpc) is 2.39. The lowest BCUT2D eigenvalue weighted by atomic mass is 9.88. The average molecular weight is 261 g/mol. The Morgan fingerprint density at radius 1 is 1.37 bits per heavy atom. The van der Waals surface area contributed by atoms with Crippen molar-refractivity contribution in [2.24, 2.45) is 5.92 Å². The summed E-state index contributed by atoms with van der Waals surface area (Å²) < 4.78 is 0. The summed E-state index contributed by atoms with van der Waals surface area (Å²) in [6.45, 7) is 7.92. The number of carboxylic acid groups (broad SMARTS) is 1. The van der Waals surface area contributed by atoms with Crippen LogP contribution < -0.4 is 0 Å². The van der Waals surface area contributed by atoms with Crippen LogP contribution in [-0.4, -0.2) is 35.6 Å². The highest BCUT2D eigenvalue weighted by Crippen LogP contribution is 2.28. The summed E-state index contributed by atoms with van der Waals surface area (Å²) in [5.41, 5.74) is 1.59. The standard InChI is InChI=1S/C16H23NO2/c1-12(2)11-17-8-6-13(7-9-17)14-4-3-5-15(10-14)16(18)19/h3-5,10,12-13H,6-9,11H2,1-2H3,(H,18,19). The van der Waals surface area contributed by atoms with E-state index in [1.807, 2.05) is 12.1 Å². The first-order valence-corrected chi connectivity index (χ1v) is 7.12. The lowest BCUT2D eigenvalue weighted by Crippen LogP contribution is -2.35. The van der Waals surface area contributed by atoms with Gasteiger partial charge in [0.2, 0.25) is 0 Å². The number of likely N-dealkylation sites (tertiary alicyclic amines) is 1. The minimum Gasteiger partial charge on any atom is -0.478 e. The monoisotopic (exact) mass is 261 g/mol. The van der Waals surface area contributed by atoms with Crippen molar-refractivity contribution in [3.05, 3.63) is 35.4 Å². The molecule has 1 saturated heterocycles. The summed E-state index contributed by atoms with van der Waals surface area (Å²) >= 11 is 0. The van der Waals surface area contributed by atoms with Crippen LogP contribution in [0.5, 0.6) is 0 Å². The number of piperidine rings is 1. The van der Waals surface area contributed by atoms with Gasteiger partial charge >= 0.3 is 5.97 Å². The highest BCUT2D eigenvalue weighted by atomic mass is 16.4. The smallest absolute Gasteiger partial charge is 0.335 e. The molecule has 0 aliphatic carbocycles. The number of nitrogens with zero attached hydrogens (tertiary/aromatic N) is 1. The lowest BCUT2D eigenvalue weighted by molar-refractivity contribution is 0.0696. The van der Waals surface area contributed by atoms with Crippen LogP contribution in [-0.2, 0) is 0 Å². The summed E-state index contributed by atoms with van der Waals surface area (Å²) in [6.07, 6.45) is 2.27.